The SMILES string of the molecule is CC(C)(C(=O)O)[C@H](NS(=O)C(C)(C)C)c1cccc(Br)c1[N+](=O)[O-]. The summed E-state index contributed by atoms with van der Waals surface area (Å²) >= 11 is 3.13. The second-order valence-corrected chi connectivity index (χ2v) is 9.75. The molecule has 0 aliphatic heterocycles. The van der Waals surface area contributed by atoms with E-state index in [2.05, 4.69) is 20.7 Å². The lowest BCUT2D eigenvalue weighted by atomic mass is 9.80. The van der Waals surface area contributed by atoms with Crippen LogP contribution in [0.25, 0.3) is 0 Å². The van der Waals surface area contributed by atoms with Gasteiger partial charge in [0.25, 0.3) is 5.69 Å². The van der Waals surface area contributed by atoms with Gasteiger partial charge in [0.1, 0.15) is 0 Å². The maximum Gasteiger partial charge on any atom is 0.311 e. The van der Waals surface area contributed by atoms with Crippen molar-refractivity contribution < 1.29 is 19.0 Å². The third-order valence-corrected chi connectivity index (χ3v) is 5.77. The molecule has 0 aliphatic rings. The first-order valence-electron chi connectivity index (χ1n) is 7.14. The van der Waals surface area contributed by atoms with Crippen molar-refractivity contribution in [3.8, 4) is 0 Å². The molecular formula is C15H21BrN2O5S. The fraction of sp³-hybridized carbons (Fsp3) is 0.533. The first kappa shape index (κ1) is 20.7. The van der Waals surface area contributed by atoms with Gasteiger partial charge in [-0.2, -0.15) is 0 Å². The molecule has 0 saturated carbocycles. The lowest BCUT2D eigenvalue weighted by Gasteiger charge is -2.33. The number of rotatable bonds is 6. The first-order chi connectivity index (χ1) is 10.8. The Balaban J connectivity index is 3.56. The Morgan fingerprint density at radius 1 is 1.33 bits per heavy atom. The number of nitro groups is 1. The van der Waals surface area contributed by atoms with Crippen LogP contribution in [0.1, 0.15) is 46.2 Å². The topological polar surface area (TPSA) is 110 Å². The van der Waals surface area contributed by atoms with E-state index in [1.165, 1.54) is 26.0 Å². The van der Waals surface area contributed by atoms with Crippen LogP contribution in [0.15, 0.2) is 22.7 Å². The number of carboxylic acid groups (broad SMARTS) is 1. The molecule has 0 bridgehead atoms. The van der Waals surface area contributed by atoms with Gasteiger partial charge in [0, 0.05) is 0 Å². The van der Waals surface area contributed by atoms with Crippen LogP contribution in [0.2, 0.25) is 0 Å². The van der Waals surface area contributed by atoms with Crippen molar-refractivity contribution in [1.82, 2.24) is 4.72 Å². The number of benzene rings is 1. The highest BCUT2D eigenvalue weighted by atomic mass is 79.9. The molecule has 2 atom stereocenters. The highest BCUT2D eigenvalue weighted by Gasteiger charge is 2.43. The van der Waals surface area contributed by atoms with Crippen molar-refractivity contribution in [3.63, 3.8) is 0 Å². The van der Waals surface area contributed by atoms with E-state index in [-0.39, 0.29) is 15.7 Å². The van der Waals surface area contributed by atoms with Crippen LogP contribution < -0.4 is 4.72 Å². The van der Waals surface area contributed by atoms with Gasteiger partial charge in [0.05, 0.1) is 42.1 Å². The van der Waals surface area contributed by atoms with E-state index < -0.39 is 38.1 Å². The number of carbonyl (C=O) groups is 1. The van der Waals surface area contributed by atoms with Gasteiger partial charge in [-0.05, 0) is 56.6 Å². The van der Waals surface area contributed by atoms with Crippen molar-refractivity contribution in [1.29, 1.82) is 0 Å². The van der Waals surface area contributed by atoms with Gasteiger partial charge in [-0.25, -0.2) is 8.93 Å². The average Bonchev–Trinajstić information content (AvgIpc) is 2.42. The maximum atomic E-state index is 12.5. The minimum Gasteiger partial charge on any atom is -0.481 e. The van der Waals surface area contributed by atoms with E-state index in [1.54, 1.807) is 26.8 Å². The summed E-state index contributed by atoms with van der Waals surface area (Å²) in [6, 6.07) is 3.55. The zero-order valence-corrected chi connectivity index (χ0v) is 16.5. The number of halogens is 1. The number of nitrogens with zero attached hydrogens (tertiary/aromatic N) is 1. The molecule has 7 nitrogen and oxygen atoms in total. The van der Waals surface area contributed by atoms with E-state index >= 15 is 0 Å². The quantitative estimate of drug-likeness (QED) is 0.539. The molecule has 134 valence electrons. The Hall–Kier alpha value is -1.32. The van der Waals surface area contributed by atoms with Gasteiger partial charge < -0.3 is 5.11 Å². The Labute approximate surface area is 151 Å². The van der Waals surface area contributed by atoms with Gasteiger partial charge in [-0.15, -0.1) is 0 Å². The molecule has 0 aromatic heterocycles. The standard InChI is InChI=1S/C15H21BrN2O5S/c1-14(2,3)24(23)17-12(15(4,5)13(19)20)9-7-6-8-10(16)11(9)18(21)22/h6-8,12,17H,1-5H3,(H,19,20)/t12-,24?/m1/s1. The zero-order chi connectivity index (χ0) is 18.9. The van der Waals surface area contributed by atoms with Crippen molar-refractivity contribution >= 4 is 38.6 Å². The van der Waals surface area contributed by atoms with E-state index in [4.69, 9.17) is 0 Å². The Bertz CT molecular complexity index is 685. The molecule has 1 unspecified atom stereocenters. The van der Waals surface area contributed by atoms with Gasteiger partial charge in [0.15, 0.2) is 0 Å². The molecule has 1 rings (SSSR count). The largest absolute Gasteiger partial charge is 0.481 e. The van der Waals surface area contributed by atoms with Crippen LogP contribution in [0.3, 0.4) is 0 Å². The molecule has 0 spiro atoms. The average molecular weight is 421 g/mol. The predicted octanol–water partition coefficient (Wildman–Crippen LogP) is 3.56. The maximum absolute atomic E-state index is 12.5. The van der Waals surface area contributed by atoms with Crippen molar-refractivity contribution in [2.45, 2.75) is 45.4 Å². The lowest BCUT2D eigenvalue weighted by Crippen LogP contribution is -2.44. The molecule has 0 amide bonds. The third-order valence-electron chi connectivity index (χ3n) is 3.57. The van der Waals surface area contributed by atoms with Crippen LogP contribution >= 0.6 is 15.9 Å². The monoisotopic (exact) mass is 420 g/mol. The van der Waals surface area contributed by atoms with Crippen LogP contribution in [-0.4, -0.2) is 25.0 Å². The van der Waals surface area contributed by atoms with Crippen molar-refractivity contribution in [3.05, 3.63) is 38.3 Å². The summed E-state index contributed by atoms with van der Waals surface area (Å²) in [7, 11) is -1.61. The van der Waals surface area contributed by atoms with Crippen LogP contribution in [0.5, 0.6) is 0 Å². The number of hydrogen-bond acceptors (Lipinski definition) is 4. The molecule has 0 saturated heterocycles. The molecule has 1 aromatic carbocycles. The van der Waals surface area contributed by atoms with E-state index in [9.17, 15) is 24.2 Å². The lowest BCUT2D eigenvalue weighted by molar-refractivity contribution is -0.386. The van der Waals surface area contributed by atoms with Crippen LogP contribution in [0.4, 0.5) is 5.69 Å². The summed E-state index contributed by atoms with van der Waals surface area (Å²) in [6.45, 7) is 8.08. The van der Waals surface area contributed by atoms with Crippen molar-refractivity contribution in [2.75, 3.05) is 0 Å². The Morgan fingerprint density at radius 3 is 2.29 bits per heavy atom. The molecular weight excluding hydrogens is 400 g/mol. The van der Waals surface area contributed by atoms with E-state index in [0.717, 1.165) is 0 Å². The summed E-state index contributed by atoms with van der Waals surface area (Å²) in [5, 5.41) is 21.0. The van der Waals surface area contributed by atoms with Crippen molar-refractivity contribution in [2.24, 2.45) is 5.41 Å². The minimum absolute atomic E-state index is 0.166. The number of hydrogen-bond donors (Lipinski definition) is 2. The van der Waals surface area contributed by atoms with Gasteiger partial charge in [-0.3, -0.25) is 14.9 Å². The first-order valence-corrected chi connectivity index (χ1v) is 9.08. The highest BCUT2D eigenvalue weighted by Crippen LogP contribution is 2.41. The second kappa shape index (κ2) is 7.28. The summed E-state index contributed by atoms with van der Waals surface area (Å²) in [5.74, 6) is -1.15. The molecule has 0 heterocycles. The number of aliphatic carboxylic acids is 1. The van der Waals surface area contributed by atoms with Gasteiger partial charge >= 0.3 is 5.97 Å². The van der Waals surface area contributed by atoms with Crippen LogP contribution in [-0.2, 0) is 15.8 Å². The fourth-order valence-corrected chi connectivity index (χ4v) is 3.48. The molecule has 2 N–H and O–H groups in total. The highest BCUT2D eigenvalue weighted by molar-refractivity contribution is 9.10. The number of para-hydroxylation sites is 1. The van der Waals surface area contributed by atoms with E-state index in [1.807, 2.05) is 0 Å². The summed E-state index contributed by atoms with van der Waals surface area (Å²) in [4.78, 5) is 22.6. The summed E-state index contributed by atoms with van der Waals surface area (Å²) in [5.41, 5.74) is -1.50. The molecule has 1 aromatic rings. The molecule has 9 heteroatoms. The number of nitro benzene ring substituents is 1. The van der Waals surface area contributed by atoms with Gasteiger partial charge in [0.2, 0.25) is 0 Å². The van der Waals surface area contributed by atoms with Crippen LogP contribution in [0, 0.1) is 15.5 Å². The summed E-state index contributed by atoms with van der Waals surface area (Å²) < 4.78 is 14.9. The Morgan fingerprint density at radius 2 is 1.88 bits per heavy atom. The molecule has 0 radical (unpaired) electrons. The molecule has 24 heavy (non-hydrogen) atoms. The van der Waals surface area contributed by atoms with E-state index in [0.29, 0.717) is 0 Å². The predicted molar refractivity (Wildman–Crippen MR) is 96.0 cm³/mol. The summed E-state index contributed by atoms with van der Waals surface area (Å²) in [6.07, 6.45) is 0. The number of nitrogens with one attached hydrogen (secondary N) is 1. The number of carboxylic acids is 1. The second-order valence-electron chi connectivity index (χ2n) is 6.89. The fourth-order valence-electron chi connectivity index (χ4n) is 1.96. The minimum atomic E-state index is -1.61. The molecule has 0 fully saturated rings. The third kappa shape index (κ3) is 4.40. The Kier molecular flexibility index (Phi) is 6.29. The zero-order valence-electron chi connectivity index (χ0n) is 14.1. The van der Waals surface area contributed by atoms with Gasteiger partial charge in [-0.1, -0.05) is 12.1 Å². The smallest absolute Gasteiger partial charge is 0.311 e. The normalized spacial score (nSPS) is 14.9. The molecule has 0 aliphatic carbocycles.